The highest BCUT2D eigenvalue weighted by Crippen LogP contribution is 2.39. The number of hydrogen-bond acceptors (Lipinski definition) is 6. The van der Waals surface area contributed by atoms with Gasteiger partial charge in [-0.2, -0.15) is 0 Å². The van der Waals surface area contributed by atoms with Gasteiger partial charge >= 0.3 is 7.12 Å². The molecule has 142 valence electrons. The van der Waals surface area contributed by atoms with Crippen molar-refractivity contribution >= 4 is 40.1 Å². The molecule has 1 fully saturated rings. The van der Waals surface area contributed by atoms with Crippen LogP contribution in [-0.4, -0.2) is 37.6 Å². The van der Waals surface area contributed by atoms with Crippen molar-refractivity contribution in [3.8, 4) is 0 Å². The molecule has 0 radical (unpaired) electrons. The molecule has 0 bridgehead atoms. The van der Waals surface area contributed by atoms with Gasteiger partial charge < -0.3 is 9.31 Å². The van der Waals surface area contributed by atoms with E-state index in [-0.39, 0.29) is 10.0 Å². The molecule has 6 nitrogen and oxygen atoms in total. The minimum absolute atomic E-state index is 0.00279. The van der Waals surface area contributed by atoms with Crippen LogP contribution < -0.4 is 5.14 Å². The van der Waals surface area contributed by atoms with Crippen molar-refractivity contribution < 1.29 is 22.5 Å². The third-order valence-corrected chi connectivity index (χ3v) is 6.37. The Balaban J connectivity index is 2.33. The highest BCUT2D eigenvalue weighted by Gasteiger charge is 2.52. The molecular formula is C17H24BNO5S2. The number of benzene rings is 1. The van der Waals surface area contributed by atoms with Gasteiger partial charge in [-0.25, -0.2) is 13.6 Å². The fourth-order valence-corrected chi connectivity index (χ4v) is 3.43. The third kappa shape index (κ3) is 4.98. The van der Waals surface area contributed by atoms with Crippen molar-refractivity contribution in [3.05, 3.63) is 35.3 Å². The van der Waals surface area contributed by atoms with Crippen molar-refractivity contribution in [2.75, 3.05) is 5.75 Å². The molecule has 0 spiro atoms. The molecule has 0 aliphatic carbocycles. The quantitative estimate of drug-likeness (QED) is 0.768. The molecule has 0 atom stereocenters. The summed E-state index contributed by atoms with van der Waals surface area (Å²) >= 11 is 1.17. The molecule has 1 aliphatic heterocycles. The van der Waals surface area contributed by atoms with Crippen molar-refractivity contribution in [1.82, 2.24) is 0 Å². The van der Waals surface area contributed by atoms with Crippen LogP contribution in [-0.2, 0) is 24.1 Å². The first kappa shape index (κ1) is 21.2. The van der Waals surface area contributed by atoms with Gasteiger partial charge in [0.2, 0.25) is 10.0 Å². The highest BCUT2D eigenvalue weighted by atomic mass is 32.2. The molecule has 0 amide bonds. The van der Waals surface area contributed by atoms with Crippen molar-refractivity contribution in [2.24, 2.45) is 5.14 Å². The molecule has 1 aromatic rings. The summed E-state index contributed by atoms with van der Waals surface area (Å²) in [5.74, 6) is 0.420. The summed E-state index contributed by atoms with van der Waals surface area (Å²) in [4.78, 5) is 11.4. The van der Waals surface area contributed by atoms with Crippen LogP contribution in [0.1, 0.15) is 40.2 Å². The van der Waals surface area contributed by atoms with Gasteiger partial charge in [0.15, 0.2) is 5.12 Å². The van der Waals surface area contributed by atoms with Gasteiger partial charge in [0.25, 0.3) is 0 Å². The van der Waals surface area contributed by atoms with E-state index < -0.39 is 28.3 Å². The van der Waals surface area contributed by atoms with E-state index in [4.69, 9.17) is 14.4 Å². The van der Waals surface area contributed by atoms with Gasteiger partial charge in [-0.05, 0) is 50.9 Å². The molecular weight excluding hydrogens is 373 g/mol. The summed E-state index contributed by atoms with van der Waals surface area (Å²) < 4.78 is 34.9. The predicted molar refractivity (Wildman–Crippen MR) is 105 cm³/mol. The molecule has 1 saturated heterocycles. The lowest BCUT2D eigenvalue weighted by molar-refractivity contribution is -0.109. The average Bonchev–Trinajstić information content (AvgIpc) is 2.71. The minimum atomic E-state index is -3.73. The maximum atomic E-state index is 11.4. The maximum absolute atomic E-state index is 11.4. The van der Waals surface area contributed by atoms with Crippen LogP contribution in [0.4, 0.5) is 0 Å². The zero-order chi connectivity index (χ0) is 19.8. The van der Waals surface area contributed by atoms with Crippen LogP contribution in [0.2, 0.25) is 0 Å². The summed E-state index contributed by atoms with van der Waals surface area (Å²) in [5, 5.41) is 5.12. The summed E-state index contributed by atoms with van der Waals surface area (Å²) in [5.41, 5.74) is 0.586. The molecule has 0 saturated carbocycles. The molecule has 2 N–H and O–H groups in total. The van der Waals surface area contributed by atoms with Gasteiger partial charge in [-0.1, -0.05) is 30.0 Å². The minimum Gasteiger partial charge on any atom is -0.400 e. The molecule has 0 aromatic heterocycles. The molecule has 0 unspecified atom stereocenters. The highest BCUT2D eigenvalue weighted by molar-refractivity contribution is 8.13. The largest absolute Gasteiger partial charge is 0.491 e. The van der Waals surface area contributed by atoms with Crippen LogP contribution in [0.5, 0.6) is 0 Å². The Labute approximate surface area is 159 Å². The maximum Gasteiger partial charge on any atom is 0.491 e. The van der Waals surface area contributed by atoms with Gasteiger partial charge in [0.1, 0.15) is 0 Å². The second-order valence-electron chi connectivity index (χ2n) is 7.20. The Morgan fingerprint density at radius 1 is 1.15 bits per heavy atom. The predicted octanol–water partition coefficient (Wildman–Crippen LogP) is 2.63. The van der Waals surface area contributed by atoms with E-state index in [0.29, 0.717) is 5.75 Å². The van der Waals surface area contributed by atoms with Crippen LogP contribution in [0.15, 0.2) is 34.6 Å². The van der Waals surface area contributed by atoms with E-state index in [1.807, 2.05) is 33.8 Å². The Morgan fingerprint density at radius 2 is 1.65 bits per heavy atom. The summed E-state index contributed by atoms with van der Waals surface area (Å²) in [7, 11) is -4.31. The normalized spacial score (nSPS) is 19.6. The lowest BCUT2D eigenvalue weighted by Gasteiger charge is -2.32. The Morgan fingerprint density at radius 3 is 2.08 bits per heavy atom. The number of carbonyl (C=O) groups is 1. The standard InChI is InChI=1S/C17H24BNO5S2/c1-12(20)25-11-14(18-23-16(2,3)17(4,5)24-18)10-13-6-8-15(9-7-13)26(19,21)22/h6-10H,11H2,1-5H3,(H2,19,21,22). The van der Waals surface area contributed by atoms with Crippen molar-refractivity contribution in [2.45, 2.75) is 50.7 Å². The van der Waals surface area contributed by atoms with E-state index in [0.717, 1.165) is 11.0 Å². The van der Waals surface area contributed by atoms with Crippen molar-refractivity contribution in [3.63, 3.8) is 0 Å². The third-order valence-electron chi connectivity index (χ3n) is 4.56. The van der Waals surface area contributed by atoms with E-state index in [9.17, 15) is 13.2 Å². The second kappa shape index (κ2) is 7.48. The number of thioether (sulfide) groups is 1. The molecule has 1 aliphatic rings. The van der Waals surface area contributed by atoms with E-state index in [1.54, 1.807) is 12.1 Å². The van der Waals surface area contributed by atoms with Crippen LogP contribution >= 0.6 is 11.8 Å². The number of nitrogens with two attached hydrogens (primary N) is 1. The number of rotatable bonds is 5. The number of primary sulfonamides is 1. The zero-order valence-electron chi connectivity index (χ0n) is 15.6. The molecule has 1 heterocycles. The Kier molecular flexibility index (Phi) is 6.09. The molecule has 26 heavy (non-hydrogen) atoms. The lowest BCUT2D eigenvalue weighted by atomic mass is 9.78. The Bertz CT molecular complexity index is 800. The first-order valence-corrected chi connectivity index (χ1v) is 10.7. The number of sulfonamides is 1. The van der Waals surface area contributed by atoms with Crippen LogP contribution in [0.25, 0.3) is 6.08 Å². The smallest absolute Gasteiger partial charge is 0.400 e. The number of hydrogen-bond donors (Lipinski definition) is 1. The van der Waals surface area contributed by atoms with E-state index in [1.165, 1.54) is 30.8 Å². The summed E-state index contributed by atoms with van der Waals surface area (Å²) in [6.45, 7) is 9.36. The molecule has 2 rings (SSSR count). The summed E-state index contributed by atoms with van der Waals surface area (Å²) in [6, 6.07) is 6.20. The first-order chi connectivity index (χ1) is 11.8. The van der Waals surface area contributed by atoms with Gasteiger partial charge in [0, 0.05) is 12.7 Å². The second-order valence-corrected chi connectivity index (χ2v) is 9.92. The van der Waals surface area contributed by atoms with Crippen LogP contribution in [0.3, 0.4) is 0 Å². The SMILES string of the molecule is CC(=O)SCC(=Cc1ccc(S(N)(=O)=O)cc1)B1OC(C)(C)C(C)(C)O1. The Hall–Kier alpha value is -1.13. The fourth-order valence-electron chi connectivity index (χ4n) is 2.32. The van der Waals surface area contributed by atoms with Gasteiger partial charge in [-0.3, -0.25) is 4.79 Å². The molecule has 1 aromatic carbocycles. The fraction of sp³-hybridized carbons (Fsp3) is 0.471. The first-order valence-electron chi connectivity index (χ1n) is 8.14. The topological polar surface area (TPSA) is 95.7 Å². The van der Waals surface area contributed by atoms with E-state index in [2.05, 4.69) is 0 Å². The number of carbonyl (C=O) groups excluding carboxylic acids is 1. The monoisotopic (exact) mass is 397 g/mol. The van der Waals surface area contributed by atoms with Gasteiger partial charge in [0.05, 0.1) is 16.1 Å². The lowest BCUT2D eigenvalue weighted by Crippen LogP contribution is -2.41. The zero-order valence-corrected chi connectivity index (χ0v) is 17.2. The molecule has 9 heteroatoms. The average molecular weight is 397 g/mol. The summed E-state index contributed by atoms with van der Waals surface area (Å²) in [6.07, 6.45) is 1.85. The van der Waals surface area contributed by atoms with Crippen molar-refractivity contribution in [1.29, 1.82) is 0 Å². The van der Waals surface area contributed by atoms with Gasteiger partial charge in [-0.15, -0.1) is 0 Å². The van der Waals surface area contributed by atoms with Crippen LogP contribution in [0, 0.1) is 0 Å². The van der Waals surface area contributed by atoms with E-state index >= 15 is 0 Å².